The molecule has 0 aliphatic rings. The van der Waals surface area contributed by atoms with Crippen molar-refractivity contribution in [1.82, 2.24) is 9.62 Å². The zero-order valence-corrected chi connectivity index (χ0v) is 14.4. The zero-order valence-electron chi connectivity index (χ0n) is 12.8. The first-order valence-electron chi connectivity index (χ1n) is 7.09. The Morgan fingerprint density at radius 3 is 2.52 bits per heavy atom. The number of rotatable bonds is 8. The van der Waals surface area contributed by atoms with Gasteiger partial charge in [0.1, 0.15) is 0 Å². The number of nitrogens with two attached hydrogens (primary N) is 1. The van der Waals surface area contributed by atoms with Crippen LogP contribution in [0.3, 0.4) is 0 Å². The molecule has 1 aromatic rings. The molecule has 1 aromatic carbocycles. The molecule has 0 heterocycles. The molecular weight excluding hydrogens is 310 g/mol. The fraction of sp³-hybridized carbons (Fsp3) is 0.571. The number of hydrogen-bond acceptors (Lipinski definition) is 4. The normalized spacial score (nSPS) is 12.0. The maximum Gasteiger partial charge on any atom is 0.241 e. The standard InChI is InChI=1S/C14H24ClN3O2S/c1-4-7-18(5-2)8-6-17-21(19,20)14-10-12(15)9-13(16)11(14)3/h9-10,17H,4-8,16H2,1-3H3. The van der Waals surface area contributed by atoms with Crippen molar-refractivity contribution in [3.05, 3.63) is 22.7 Å². The van der Waals surface area contributed by atoms with Crippen LogP contribution in [0.2, 0.25) is 5.02 Å². The van der Waals surface area contributed by atoms with Crippen LogP contribution in [0.15, 0.2) is 17.0 Å². The summed E-state index contributed by atoms with van der Waals surface area (Å²) in [6.07, 6.45) is 1.05. The molecule has 0 radical (unpaired) electrons. The average molecular weight is 334 g/mol. The minimum absolute atomic E-state index is 0.144. The van der Waals surface area contributed by atoms with Gasteiger partial charge in [0.2, 0.25) is 10.0 Å². The van der Waals surface area contributed by atoms with Crippen molar-refractivity contribution >= 4 is 27.3 Å². The summed E-state index contributed by atoms with van der Waals surface area (Å²) in [6.45, 7) is 8.74. The molecule has 0 aromatic heterocycles. The summed E-state index contributed by atoms with van der Waals surface area (Å²) in [5.74, 6) is 0. The maximum absolute atomic E-state index is 12.3. The van der Waals surface area contributed by atoms with E-state index in [-0.39, 0.29) is 4.90 Å². The Kier molecular flexibility index (Phi) is 6.93. The van der Waals surface area contributed by atoms with Gasteiger partial charge in [-0.05, 0) is 44.1 Å². The molecule has 21 heavy (non-hydrogen) atoms. The molecule has 3 N–H and O–H groups in total. The molecule has 0 aliphatic heterocycles. The first-order chi connectivity index (χ1) is 9.81. The molecule has 0 amide bonds. The van der Waals surface area contributed by atoms with Crippen LogP contribution in [0, 0.1) is 6.92 Å². The molecule has 0 aliphatic carbocycles. The van der Waals surface area contributed by atoms with Gasteiger partial charge < -0.3 is 10.6 Å². The Morgan fingerprint density at radius 1 is 1.29 bits per heavy atom. The van der Waals surface area contributed by atoms with Crippen LogP contribution in [0.5, 0.6) is 0 Å². The Labute approximate surface area is 132 Å². The Morgan fingerprint density at radius 2 is 1.95 bits per heavy atom. The van der Waals surface area contributed by atoms with E-state index in [1.807, 2.05) is 0 Å². The van der Waals surface area contributed by atoms with Gasteiger partial charge in [-0.25, -0.2) is 13.1 Å². The van der Waals surface area contributed by atoms with Crippen molar-refractivity contribution in [3.8, 4) is 0 Å². The summed E-state index contributed by atoms with van der Waals surface area (Å²) in [7, 11) is -3.60. The van der Waals surface area contributed by atoms with Crippen LogP contribution < -0.4 is 10.5 Å². The fourth-order valence-electron chi connectivity index (χ4n) is 2.11. The second-order valence-electron chi connectivity index (χ2n) is 4.95. The molecule has 5 nitrogen and oxygen atoms in total. The Balaban J connectivity index is 2.79. The fourth-order valence-corrected chi connectivity index (χ4v) is 3.72. The quantitative estimate of drug-likeness (QED) is 0.715. The van der Waals surface area contributed by atoms with Gasteiger partial charge >= 0.3 is 0 Å². The van der Waals surface area contributed by atoms with E-state index in [9.17, 15) is 8.42 Å². The second-order valence-corrected chi connectivity index (χ2v) is 7.12. The van der Waals surface area contributed by atoms with Crippen molar-refractivity contribution in [1.29, 1.82) is 0 Å². The number of sulfonamides is 1. The lowest BCUT2D eigenvalue weighted by Crippen LogP contribution is -2.35. The minimum atomic E-state index is -3.60. The van der Waals surface area contributed by atoms with E-state index >= 15 is 0 Å². The summed E-state index contributed by atoms with van der Waals surface area (Å²) < 4.78 is 27.3. The van der Waals surface area contributed by atoms with Gasteiger partial charge in [0.25, 0.3) is 0 Å². The summed E-state index contributed by atoms with van der Waals surface area (Å²) in [5.41, 5.74) is 6.67. The van der Waals surface area contributed by atoms with Gasteiger partial charge in [0, 0.05) is 23.8 Å². The smallest absolute Gasteiger partial charge is 0.241 e. The summed E-state index contributed by atoms with van der Waals surface area (Å²) in [6, 6.07) is 2.98. The molecule has 7 heteroatoms. The van der Waals surface area contributed by atoms with Crippen LogP contribution in [0.4, 0.5) is 5.69 Å². The maximum atomic E-state index is 12.3. The molecule has 0 spiro atoms. The number of hydrogen-bond donors (Lipinski definition) is 2. The highest BCUT2D eigenvalue weighted by molar-refractivity contribution is 7.89. The number of halogens is 1. The van der Waals surface area contributed by atoms with E-state index in [1.54, 1.807) is 13.0 Å². The highest BCUT2D eigenvalue weighted by Crippen LogP contribution is 2.25. The highest BCUT2D eigenvalue weighted by Gasteiger charge is 2.19. The first kappa shape index (κ1) is 18.2. The van der Waals surface area contributed by atoms with Crippen LogP contribution in [-0.4, -0.2) is 39.5 Å². The number of nitrogens with zero attached hydrogens (tertiary/aromatic N) is 1. The number of anilines is 1. The third-order valence-electron chi connectivity index (χ3n) is 3.36. The van der Waals surface area contributed by atoms with E-state index in [4.69, 9.17) is 17.3 Å². The monoisotopic (exact) mass is 333 g/mol. The third-order valence-corrected chi connectivity index (χ3v) is 5.17. The van der Waals surface area contributed by atoms with Gasteiger partial charge in [0.15, 0.2) is 0 Å². The average Bonchev–Trinajstić information content (AvgIpc) is 2.41. The topological polar surface area (TPSA) is 75.4 Å². The number of likely N-dealkylation sites (N-methyl/N-ethyl adjacent to an activating group) is 1. The first-order valence-corrected chi connectivity index (χ1v) is 8.95. The predicted octanol–water partition coefficient (Wildman–Crippen LogP) is 2.24. The van der Waals surface area contributed by atoms with Gasteiger partial charge in [-0.3, -0.25) is 0 Å². The zero-order chi connectivity index (χ0) is 16.0. The van der Waals surface area contributed by atoms with E-state index < -0.39 is 10.0 Å². The molecular formula is C14H24ClN3O2S. The second kappa shape index (κ2) is 7.98. The SMILES string of the molecule is CCCN(CC)CCNS(=O)(=O)c1cc(Cl)cc(N)c1C. The lowest BCUT2D eigenvalue weighted by atomic mass is 10.2. The van der Waals surface area contributed by atoms with Gasteiger partial charge in [-0.1, -0.05) is 25.4 Å². The molecule has 0 bridgehead atoms. The number of nitrogen functional groups attached to an aromatic ring is 1. The van der Waals surface area contributed by atoms with Crippen molar-refractivity contribution in [2.75, 3.05) is 31.9 Å². The molecule has 0 unspecified atom stereocenters. The largest absolute Gasteiger partial charge is 0.398 e. The van der Waals surface area contributed by atoms with Gasteiger partial charge in [0.05, 0.1) is 4.90 Å². The molecule has 0 saturated carbocycles. The van der Waals surface area contributed by atoms with Crippen molar-refractivity contribution in [2.45, 2.75) is 32.1 Å². The predicted molar refractivity (Wildman–Crippen MR) is 88.2 cm³/mol. The molecule has 0 fully saturated rings. The molecule has 0 atom stereocenters. The van der Waals surface area contributed by atoms with Gasteiger partial charge in [-0.2, -0.15) is 0 Å². The van der Waals surface area contributed by atoms with Crippen molar-refractivity contribution in [3.63, 3.8) is 0 Å². The lowest BCUT2D eigenvalue weighted by molar-refractivity contribution is 0.293. The summed E-state index contributed by atoms with van der Waals surface area (Å²) in [4.78, 5) is 2.34. The summed E-state index contributed by atoms with van der Waals surface area (Å²) >= 11 is 5.90. The Hall–Kier alpha value is -0.820. The summed E-state index contributed by atoms with van der Waals surface area (Å²) in [5, 5.41) is 0.319. The van der Waals surface area contributed by atoms with E-state index in [0.717, 1.165) is 19.5 Å². The minimum Gasteiger partial charge on any atom is -0.398 e. The number of nitrogens with one attached hydrogen (secondary N) is 1. The van der Waals surface area contributed by atoms with E-state index in [0.29, 0.717) is 29.4 Å². The van der Waals surface area contributed by atoms with Crippen LogP contribution in [0.25, 0.3) is 0 Å². The van der Waals surface area contributed by atoms with Crippen LogP contribution in [0.1, 0.15) is 25.8 Å². The van der Waals surface area contributed by atoms with E-state index in [2.05, 4.69) is 23.5 Å². The molecule has 1 rings (SSSR count). The number of benzene rings is 1. The lowest BCUT2D eigenvalue weighted by Gasteiger charge is -2.19. The van der Waals surface area contributed by atoms with Crippen LogP contribution in [-0.2, 0) is 10.0 Å². The van der Waals surface area contributed by atoms with E-state index in [1.165, 1.54) is 6.07 Å². The molecule has 120 valence electrons. The van der Waals surface area contributed by atoms with Gasteiger partial charge in [-0.15, -0.1) is 0 Å². The molecule has 0 saturated heterocycles. The van der Waals surface area contributed by atoms with Crippen LogP contribution >= 0.6 is 11.6 Å². The van der Waals surface area contributed by atoms with Crippen molar-refractivity contribution < 1.29 is 8.42 Å². The Bertz CT molecular complexity index is 576. The highest BCUT2D eigenvalue weighted by atomic mass is 35.5. The third kappa shape index (κ3) is 5.14. The van der Waals surface area contributed by atoms with Crippen molar-refractivity contribution in [2.24, 2.45) is 0 Å².